The highest BCUT2D eigenvalue weighted by Crippen LogP contribution is 2.23. The van der Waals surface area contributed by atoms with E-state index in [0.29, 0.717) is 18.5 Å². The molecule has 2 rings (SSSR count). The number of hydrogen-bond acceptors (Lipinski definition) is 2. The van der Waals surface area contributed by atoms with Crippen molar-refractivity contribution >= 4 is 23.4 Å². The predicted octanol–water partition coefficient (Wildman–Crippen LogP) is 1.13. The number of amides is 2. The zero-order chi connectivity index (χ0) is 12.4. The van der Waals surface area contributed by atoms with Crippen molar-refractivity contribution in [3.63, 3.8) is 0 Å². The molecule has 1 saturated carbocycles. The van der Waals surface area contributed by atoms with Gasteiger partial charge < -0.3 is 10.2 Å². The summed E-state index contributed by atoms with van der Waals surface area (Å²) in [5, 5.41) is 2.97. The Bertz CT molecular complexity index is 318. The van der Waals surface area contributed by atoms with E-state index in [4.69, 9.17) is 11.6 Å². The van der Waals surface area contributed by atoms with Crippen LogP contribution in [-0.4, -0.2) is 41.2 Å². The van der Waals surface area contributed by atoms with Gasteiger partial charge in [0, 0.05) is 24.4 Å². The lowest BCUT2D eigenvalue weighted by molar-refractivity contribution is -0.140. The van der Waals surface area contributed by atoms with Crippen LogP contribution < -0.4 is 5.32 Å². The third kappa shape index (κ3) is 2.92. The highest BCUT2D eigenvalue weighted by molar-refractivity contribution is 6.19. The monoisotopic (exact) mass is 258 g/mol. The van der Waals surface area contributed by atoms with Crippen LogP contribution in [0.25, 0.3) is 0 Å². The van der Waals surface area contributed by atoms with Crippen LogP contribution in [0.15, 0.2) is 0 Å². The zero-order valence-electron chi connectivity index (χ0n) is 10.1. The summed E-state index contributed by atoms with van der Waals surface area (Å²) in [7, 11) is 0. The second-order valence-corrected chi connectivity index (χ2v) is 5.34. The molecule has 1 heterocycles. The smallest absolute Gasteiger partial charge is 0.243 e. The van der Waals surface area contributed by atoms with Gasteiger partial charge in [-0.2, -0.15) is 0 Å². The molecule has 0 bridgehead atoms. The second kappa shape index (κ2) is 5.25. The van der Waals surface area contributed by atoms with E-state index in [0.717, 1.165) is 25.7 Å². The van der Waals surface area contributed by atoms with Gasteiger partial charge in [-0.25, -0.2) is 0 Å². The number of nitrogens with one attached hydrogen (secondary N) is 1. The number of nitrogens with zero attached hydrogens (tertiary/aromatic N) is 1. The molecule has 2 unspecified atom stereocenters. The largest absolute Gasteiger partial charge is 0.352 e. The van der Waals surface area contributed by atoms with Crippen LogP contribution >= 0.6 is 11.6 Å². The molecule has 2 aliphatic rings. The summed E-state index contributed by atoms with van der Waals surface area (Å²) < 4.78 is 0. The molecule has 2 amide bonds. The fourth-order valence-corrected chi connectivity index (χ4v) is 2.31. The molecule has 2 fully saturated rings. The zero-order valence-corrected chi connectivity index (χ0v) is 10.9. The third-order valence-electron chi connectivity index (χ3n) is 3.42. The first-order chi connectivity index (χ1) is 8.13. The fraction of sp³-hybridized carbons (Fsp3) is 0.833. The van der Waals surface area contributed by atoms with Crippen molar-refractivity contribution < 1.29 is 9.59 Å². The number of rotatable bonds is 4. The maximum Gasteiger partial charge on any atom is 0.243 e. The average Bonchev–Trinajstić information content (AvgIpc) is 2.99. The summed E-state index contributed by atoms with van der Waals surface area (Å²) in [5.74, 6) is 0.131. The number of hydrogen-bond donors (Lipinski definition) is 1. The van der Waals surface area contributed by atoms with Crippen molar-refractivity contribution in [1.82, 2.24) is 10.2 Å². The van der Waals surface area contributed by atoms with Crippen molar-refractivity contribution in [1.29, 1.82) is 0 Å². The lowest BCUT2D eigenvalue weighted by atomic mass is 10.1. The molecule has 0 spiro atoms. The van der Waals surface area contributed by atoms with Crippen LogP contribution in [0.5, 0.6) is 0 Å². The van der Waals surface area contributed by atoms with Gasteiger partial charge in [0.1, 0.15) is 6.04 Å². The van der Waals surface area contributed by atoms with Crippen LogP contribution in [0.4, 0.5) is 0 Å². The second-order valence-electron chi connectivity index (χ2n) is 5.03. The molecule has 0 aromatic carbocycles. The van der Waals surface area contributed by atoms with Gasteiger partial charge in [-0.3, -0.25) is 9.59 Å². The van der Waals surface area contributed by atoms with Gasteiger partial charge in [0.2, 0.25) is 11.8 Å². The van der Waals surface area contributed by atoms with Crippen molar-refractivity contribution in [3.8, 4) is 0 Å². The Balaban J connectivity index is 1.95. The van der Waals surface area contributed by atoms with Crippen LogP contribution in [0.3, 0.4) is 0 Å². The molecule has 1 aliphatic heterocycles. The average molecular weight is 259 g/mol. The van der Waals surface area contributed by atoms with Crippen molar-refractivity contribution in [2.24, 2.45) is 5.92 Å². The first kappa shape index (κ1) is 12.7. The lowest BCUT2D eigenvalue weighted by Crippen LogP contribution is -2.48. The van der Waals surface area contributed by atoms with Crippen molar-refractivity contribution in [2.45, 2.75) is 44.7 Å². The van der Waals surface area contributed by atoms with Gasteiger partial charge in [0.25, 0.3) is 0 Å². The van der Waals surface area contributed by atoms with Gasteiger partial charge in [0.15, 0.2) is 0 Å². The van der Waals surface area contributed by atoms with Crippen LogP contribution in [-0.2, 0) is 9.59 Å². The molecule has 17 heavy (non-hydrogen) atoms. The first-order valence-electron chi connectivity index (χ1n) is 6.30. The molecule has 0 aromatic rings. The van der Waals surface area contributed by atoms with Crippen LogP contribution in [0.1, 0.15) is 32.6 Å². The summed E-state index contributed by atoms with van der Waals surface area (Å²) >= 11 is 5.70. The predicted molar refractivity (Wildman–Crippen MR) is 65.8 cm³/mol. The Labute approximate surface area is 107 Å². The maximum absolute atomic E-state index is 12.1. The Morgan fingerprint density at radius 3 is 2.71 bits per heavy atom. The van der Waals surface area contributed by atoms with E-state index >= 15 is 0 Å². The van der Waals surface area contributed by atoms with Gasteiger partial charge in [-0.05, 0) is 25.7 Å². The molecule has 1 saturated heterocycles. The minimum Gasteiger partial charge on any atom is -0.352 e. The molecule has 96 valence electrons. The number of halogens is 1. The molecular weight excluding hydrogens is 240 g/mol. The maximum atomic E-state index is 12.1. The lowest BCUT2D eigenvalue weighted by Gasteiger charge is -2.26. The quantitative estimate of drug-likeness (QED) is 0.769. The molecule has 5 heteroatoms. The van der Waals surface area contributed by atoms with E-state index in [-0.39, 0.29) is 23.8 Å². The van der Waals surface area contributed by atoms with Gasteiger partial charge in [-0.1, -0.05) is 6.92 Å². The number of likely N-dealkylation sites (tertiary alicyclic amines) is 1. The van der Waals surface area contributed by atoms with E-state index in [9.17, 15) is 9.59 Å². The molecular formula is C12H19ClN2O2. The molecule has 0 aromatic heterocycles. The third-order valence-corrected chi connectivity index (χ3v) is 3.88. The van der Waals surface area contributed by atoms with E-state index in [1.165, 1.54) is 0 Å². The minimum atomic E-state index is -0.270. The molecule has 4 nitrogen and oxygen atoms in total. The minimum absolute atomic E-state index is 0.00782. The summed E-state index contributed by atoms with van der Waals surface area (Å²) in [6, 6.07) is 0.0827. The number of alkyl halides is 1. The van der Waals surface area contributed by atoms with E-state index in [1.807, 2.05) is 6.92 Å². The van der Waals surface area contributed by atoms with Crippen LogP contribution in [0, 0.1) is 5.92 Å². The number of carbonyl (C=O) groups excluding carboxylic acids is 2. The molecule has 2 atom stereocenters. The number of carbonyl (C=O) groups is 2. The van der Waals surface area contributed by atoms with E-state index < -0.39 is 0 Å². The molecule has 0 radical (unpaired) electrons. The SMILES string of the molecule is CC(CCl)C(=O)N1CCCC1C(=O)NC1CC1. The van der Waals surface area contributed by atoms with E-state index in [1.54, 1.807) is 4.90 Å². The Morgan fingerprint density at radius 1 is 1.41 bits per heavy atom. The Kier molecular flexibility index (Phi) is 3.92. The Morgan fingerprint density at radius 2 is 2.12 bits per heavy atom. The highest BCUT2D eigenvalue weighted by Gasteiger charge is 2.37. The normalized spacial score (nSPS) is 25.8. The van der Waals surface area contributed by atoms with Crippen molar-refractivity contribution in [2.75, 3.05) is 12.4 Å². The molecule has 1 aliphatic carbocycles. The summed E-state index contributed by atoms with van der Waals surface area (Å²) in [5.41, 5.74) is 0. The highest BCUT2D eigenvalue weighted by atomic mass is 35.5. The molecule has 1 N–H and O–H groups in total. The van der Waals surface area contributed by atoms with Gasteiger partial charge in [-0.15, -0.1) is 11.6 Å². The summed E-state index contributed by atoms with van der Waals surface area (Å²) in [4.78, 5) is 25.7. The van der Waals surface area contributed by atoms with Crippen LogP contribution in [0.2, 0.25) is 0 Å². The fourth-order valence-electron chi connectivity index (χ4n) is 2.18. The topological polar surface area (TPSA) is 49.4 Å². The first-order valence-corrected chi connectivity index (χ1v) is 6.83. The van der Waals surface area contributed by atoms with Crippen molar-refractivity contribution in [3.05, 3.63) is 0 Å². The standard InChI is InChI=1S/C12H19ClN2O2/c1-8(7-13)12(17)15-6-2-3-10(15)11(16)14-9-4-5-9/h8-10H,2-7H2,1H3,(H,14,16). The Hall–Kier alpha value is -0.770. The van der Waals surface area contributed by atoms with Gasteiger partial charge >= 0.3 is 0 Å². The van der Waals surface area contributed by atoms with Gasteiger partial charge in [0.05, 0.1) is 0 Å². The summed E-state index contributed by atoms with van der Waals surface area (Å²) in [6.07, 6.45) is 3.83. The van der Waals surface area contributed by atoms with E-state index in [2.05, 4.69) is 5.32 Å². The summed E-state index contributed by atoms with van der Waals surface area (Å²) in [6.45, 7) is 2.49.